The predicted molar refractivity (Wildman–Crippen MR) is 68.1 cm³/mol. The molecule has 1 aromatic carbocycles. The number of hydrogen-bond donors (Lipinski definition) is 3. The highest BCUT2D eigenvalue weighted by Gasteiger charge is 2.29. The van der Waals surface area contributed by atoms with E-state index >= 15 is 0 Å². The molecule has 0 bridgehead atoms. The number of carbonyl (C=O) groups excluding carboxylic acids is 1. The first-order valence-electron chi connectivity index (χ1n) is 6.07. The van der Waals surface area contributed by atoms with Crippen molar-refractivity contribution in [3.8, 4) is 0 Å². The van der Waals surface area contributed by atoms with Gasteiger partial charge in [0.1, 0.15) is 0 Å². The Morgan fingerprint density at radius 2 is 2.00 bits per heavy atom. The number of hydrogen-bond acceptors (Lipinski definition) is 4. The first kappa shape index (κ1) is 13.0. The molecule has 5 nitrogen and oxygen atoms in total. The molecule has 5 heteroatoms. The summed E-state index contributed by atoms with van der Waals surface area (Å²) in [5, 5.41) is 18.5. The average Bonchev–Trinajstić information content (AvgIpc) is 2.41. The summed E-state index contributed by atoms with van der Waals surface area (Å²) >= 11 is 0. The summed E-state index contributed by atoms with van der Waals surface area (Å²) in [7, 11) is 0. The summed E-state index contributed by atoms with van der Waals surface area (Å²) in [5.74, 6) is -0.0592. The van der Waals surface area contributed by atoms with Crippen LogP contribution in [-0.2, 0) is 17.8 Å². The van der Waals surface area contributed by atoms with Crippen LogP contribution in [0.2, 0.25) is 0 Å². The van der Waals surface area contributed by atoms with Crippen molar-refractivity contribution in [3.05, 3.63) is 29.3 Å². The number of fused-ring (bicyclic) bond motifs is 1. The van der Waals surface area contributed by atoms with E-state index in [-0.39, 0.29) is 19.1 Å². The molecule has 1 aromatic rings. The van der Waals surface area contributed by atoms with E-state index in [2.05, 4.69) is 0 Å². The van der Waals surface area contributed by atoms with Gasteiger partial charge in [-0.05, 0) is 23.6 Å². The number of nitrogens with two attached hydrogens (primary N) is 1. The smallest absolute Gasteiger partial charge is 0.227 e. The van der Waals surface area contributed by atoms with Crippen LogP contribution in [0.3, 0.4) is 0 Å². The van der Waals surface area contributed by atoms with Crippen LogP contribution < -0.4 is 10.6 Å². The summed E-state index contributed by atoms with van der Waals surface area (Å²) in [5.41, 5.74) is 8.44. The molecule has 0 saturated carbocycles. The first-order chi connectivity index (χ1) is 8.71. The van der Waals surface area contributed by atoms with E-state index in [1.54, 1.807) is 0 Å². The van der Waals surface area contributed by atoms with Crippen molar-refractivity contribution in [1.29, 1.82) is 0 Å². The maximum absolute atomic E-state index is 11.9. The molecular formula is C13H18N2O3. The fraction of sp³-hybridized carbons (Fsp3) is 0.462. The van der Waals surface area contributed by atoms with Gasteiger partial charge in [0.05, 0.1) is 19.3 Å². The lowest BCUT2D eigenvalue weighted by atomic mass is 9.97. The van der Waals surface area contributed by atoms with Crippen LogP contribution in [0.4, 0.5) is 5.69 Å². The second-order valence-corrected chi connectivity index (χ2v) is 4.45. The molecule has 1 heterocycles. The number of aliphatic hydroxyl groups is 2. The van der Waals surface area contributed by atoms with E-state index in [0.717, 1.165) is 16.8 Å². The molecule has 0 fully saturated rings. The standard InChI is InChI=1S/C13H18N2O3/c14-6-9-1-3-12-10(5-9)2-4-13(18)15(12)11(7-16)8-17/h1,3,5,11,16-17H,2,4,6-8,14H2. The van der Waals surface area contributed by atoms with Crippen LogP contribution in [0, 0.1) is 0 Å². The molecule has 98 valence electrons. The number of aryl methyl sites for hydroxylation is 1. The molecular weight excluding hydrogens is 232 g/mol. The highest BCUT2D eigenvalue weighted by molar-refractivity contribution is 5.97. The summed E-state index contributed by atoms with van der Waals surface area (Å²) in [6.45, 7) is -0.0364. The van der Waals surface area contributed by atoms with Crippen LogP contribution in [0.1, 0.15) is 17.5 Å². The van der Waals surface area contributed by atoms with E-state index in [1.165, 1.54) is 4.90 Å². The maximum atomic E-state index is 11.9. The van der Waals surface area contributed by atoms with Gasteiger partial charge in [-0.1, -0.05) is 12.1 Å². The third-order valence-electron chi connectivity index (χ3n) is 3.30. The Labute approximate surface area is 106 Å². The summed E-state index contributed by atoms with van der Waals surface area (Å²) in [6, 6.07) is 5.13. The lowest BCUT2D eigenvalue weighted by molar-refractivity contribution is -0.119. The van der Waals surface area contributed by atoms with Gasteiger partial charge >= 0.3 is 0 Å². The van der Waals surface area contributed by atoms with Crippen molar-refractivity contribution in [2.75, 3.05) is 18.1 Å². The van der Waals surface area contributed by atoms with Crippen LogP contribution in [0.5, 0.6) is 0 Å². The number of nitrogens with zero attached hydrogens (tertiary/aromatic N) is 1. The van der Waals surface area contributed by atoms with Crippen molar-refractivity contribution < 1.29 is 15.0 Å². The molecule has 0 aliphatic carbocycles. The van der Waals surface area contributed by atoms with Gasteiger partial charge in [-0.15, -0.1) is 0 Å². The van der Waals surface area contributed by atoms with Crippen LogP contribution in [0.15, 0.2) is 18.2 Å². The van der Waals surface area contributed by atoms with Gasteiger partial charge in [0.25, 0.3) is 0 Å². The molecule has 2 rings (SSSR count). The lowest BCUT2D eigenvalue weighted by Gasteiger charge is -2.34. The van der Waals surface area contributed by atoms with E-state index < -0.39 is 6.04 Å². The summed E-state index contributed by atoms with van der Waals surface area (Å²) in [4.78, 5) is 13.4. The second kappa shape index (κ2) is 5.48. The summed E-state index contributed by atoms with van der Waals surface area (Å²) in [6.07, 6.45) is 1.08. The van der Waals surface area contributed by atoms with Gasteiger partial charge in [-0.3, -0.25) is 4.79 Å². The third kappa shape index (κ3) is 2.25. The largest absolute Gasteiger partial charge is 0.394 e. The number of rotatable bonds is 4. The number of aliphatic hydroxyl groups excluding tert-OH is 2. The molecule has 0 spiro atoms. The molecule has 0 saturated heterocycles. The lowest BCUT2D eigenvalue weighted by Crippen LogP contribution is -2.47. The first-order valence-corrected chi connectivity index (χ1v) is 6.07. The Bertz CT molecular complexity index is 444. The van der Waals surface area contributed by atoms with Gasteiger partial charge in [0, 0.05) is 18.7 Å². The van der Waals surface area contributed by atoms with E-state index in [4.69, 9.17) is 5.73 Å². The maximum Gasteiger partial charge on any atom is 0.227 e. The Morgan fingerprint density at radius 1 is 1.28 bits per heavy atom. The highest BCUT2D eigenvalue weighted by Crippen LogP contribution is 2.30. The fourth-order valence-corrected chi connectivity index (χ4v) is 2.32. The normalized spacial score (nSPS) is 15.1. The van der Waals surface area contributed by atoms with Crippen LogP contribution >= 0.6 is 0 Å². The SMILES string of the molecule is NCc1ccc2c(c1)CCC(=O)N2C(CO)CO. The zero-order chi connectivity index (χ0) is 13.1. The van der Waals surface area contributed by atoms with Crippen molar-refractivity contribution in [2.24, 2.45) is 5.73 Å². The van der Waals surface area contributed by atoms with Gasteiger partial charge in [-0.25, -0.2) is 0 Å². The zero-order valence-corrected chi connectivity index (χ0v) is 10.2. The Kier molecular flexibility index (Phi) is 3.96. The quantitative estimate of drug-likeness (QED) is 0.689. The molecule has 0 unspecified atom stereocenters. The Hall–Kier alpha value is -1.43. The van der Waals surface area contributed by atoms with Crippen LogP contribution in [-0.4, -0.2) is 35.4 Å². The monoisotopic (exact) mass is 250 g/mol. The highest BCUT2D eigenvalue weighted by atomic mass is 16.3. The molecule has 0 radical (unpaired) electrons. The number of amides is 1. The van der Waals surface area contributed by atoms with Crippen molar-refractivity contribution in [3.63, 3.8) is 0 Å². The molecule has 0 atom stereocenters. The average molecular weight is 250 g/mol. The topological polar surface area (TPSA) is 86.8 Å². The van der Waals surface area contributed by atoms with Crippen molar-refractivity contribution in [2.45, 2.75) is 25.4 Å². The Morgan fingerprint density at radius 3 is 2.61 bits per heavy atom. The molecule has 0 aromatic heterocycles. The van der Waals surface area contributed by atoms with E-state index in [1.807, 2.05) is 18.2 Å². The van der Waals surface area contributed by atoms with Crippen LogP contribution in [0.25, 0.3) is 0 Å². The van der Waals surface area contributed by atoms with E-state index in [9.17, 15) is 15.0 Å². The molecule has 1 aliphatic rings. The van der Waals surface area contributed by atoms with Gasteiger partial charge in [0.2, 0.25) is 5.91 Å². The number of benzene rings is 1. The molecule has 18 heavy (non-hydrogen) atoms. The second-order valence-electron chi connectivity index (χ2n) is 4.45. The third-order valence-corrected chi connectivity index (χ3v) is 3.30. The predicted octanol–water partition coefficient (Wildman–Crippen LogP) is -0.222. The van der Waals surface area contributed by atoms with Crippen molar-refractivity contribution in [1.82, 2.24) is 0 Å². The minimum Gasteiger partial charge on any atom is -0.394 e. The molecule has 1 amide bonds. The Balaban J connectivity index is 2.41. The molecule has 1 aliphatic heterocycles. The van der Waals surface area contributed by atoms with Gasteiger partial charge in [-0.2, -0.15) is 0 Å². The number of anilines is 1. The van der Waals surface area contributed by atoms with Crippen molar-refractivity contribution >= 4 is 11.6 Å². The van der Waals surface area contributed by atoms with Gasteiger partial charge < -0.3 is 20.8 Å². The van der Waals surface area contributed by atoms with Gasteiger partial charge in [0.15, 0.2) is 0 Å². The minimum absolute atomic E-state index is 0.0592. The minimum atomic E-state index is -0.569. The van der Waals surface area contributed by atoms with E-state index in [0.29, 0.717) is 19.4 Å². The molecule has 4 N–H and O–H groups in total. The summed E-state index contributed by atoms with van der Waals surface area (Å²) < 4.78 is 0. The zero-order valence-electron chi connectivity index (χ0n) is 10.2. The number of carbonyl (C=O) groups is 1. The fourth-order valence-electron chi connectivity index (χ4n) is 2.32.